The number of nitrogens with two attached hydrogens (primary N) is 1. The van der Waals surface area contributed by atoms with Crippen molar-refractivity contribution in [3.63, 3.8) is 0 Å². The van der Waals surface area contributed by atoms with Gasteiger partial charge in [-0.3, -0.25) is 9.93 Å². The number of anilines is 1. The predicted octanol–water partition coefficient (Wildman–Crippen LogP) is 4.22. The Morgan fingerprint density at radius 3 is 2.79 bits per heavy atom. The molecule has 0 aliphatic heterocycles. The van der Waals surface area contributed by atoms with Gasteiger partial charge in [-0.1, -0.05) is 29.8 Å². The molecule has 3 N–H and O–H groups in total. The van der Waals surface area contributed by atoms with Crippen molar-refractivity contribution in [2.45, 2.75) is 11.3 Å². The number of hydrogen-bond donors (Lipinski definition) is 2. The zero-order chi connectivity index (χ0) is 19.5. The molecule has 4 aromatic rings. The lowest BCUT2D eigenvalue weighted by atomic mass is 10.1. The van der Waals surface area contributed by atoms with E-state index < -0.39 is 0 Å². The first-order valence-electron chi connectivity index (χ1n) is 8.49. The van der Waals surface area contributed by atoms with Crippen molar-refractivity contribution < 1.29 is 4.79 Å². The smallest absolute Gasteiger partial charge is 0.228 e. The molecule has 140 valence electrons. The molecular weight excluding hydrogens is 394 g/mol. The van der Waals surface area contributed by atoms with Crippen LogP contribution in [-0.2, 0) is 11.2 Å². The van der Waals surface area contributed by atoms with Crippen LogP contribution in [-0.4, -0.2) is 20.7 Å². The molecule has 0 fully saturated rings. The SMILES string of the molecule is NSc1cc(NC(=O)Cc2ccccc2Cl)cc2nc(-n3cccn3)ccc12. The van der Waals surface area contributed by atoms with E-state index in [4.69, 9.17) is 16.7 Å². The third kappa shape index (κ3) is 3.87. The fourth-order valence-electron chi connectivity index (χ4n) is 2.91. The molecule has 0 radical (unpaired) electrons. The lowest BCUT2D eigenvalue weighted by Gasteiger charge is -2.11. The molecule has 0 unspecified atom stereocenters. The van der Waals surface area contributed by atoms with E-state index in [1.54, 1.807) is 16.9 Å². The highest BCUT2D eigenvalue weighted by Crippen LogP contribution is 2.29. The molecule has 28 heavy (non-hydrogen) atoms. The maximum absolute atomic E-state index is 12.5. The zero-order valence-electron chi connectivity index (χ0n) is 14.7. The molecule has 0 atom stereocenters. The Bertz CT molecular complexity index is 1150. The monoisotopic (exact) mass is 409 g/mol. The second-order valence-electron chi connectivity index (χ2n) is 6.10. The number of fused-ring (bicyclic) bond motifs is 1. The van der Waals surface area contributed by atoms with Crippen molar-refractivity contribution >= 4 is 46.0 Å². The van der Waals surface area contributed by atoms with Crippen molar-refractivity contribution in [1.82, 2.24) is 14.8 Å². The molecule has 1 amide bonds. The minimum absolute atomic E-state index is 0.163. The Labute approximate surface area is 170 Å². The number of carbonyl (C=O) groups excluding carboxylic acids is 1. The van der Waals surface area contributed by atoms with E-state index >= 15 is 0 Å². The molecule has 0 aliphatic carbocycles. The minimum atomic E-state index is -0.163. The van der Waals surface area contributed by atoms with Gasteiger partial charge in [-0.15, -0.1) is 0 Å². The quantitative estimate of drug-likeness (QED) is 0.482. The van der Waals surface area contributed by atoms with Crippen LogP contribution in [0.1, 0.15) is 5.56 Å². The molecule has 0 aliphatic rings. The Morgan fingerprint density at radius 2 is 2.04 bits per heavy atom. The number of amides is 1. The summed E-state index contributed by atoms with van der Waals surface area (Å²) in [5, 5.41) is 14.4. The topological polar surface area (TPSA) is 85.8 Å². The lowest BCUT2D eigenvalue weighted by molar-refractivity contribution is -0.115. The second-order valence-corrected chi connectivity index (χ2v) is 7.18. The summed E-state index contributed by atoms with van der Waals surface area (Å²) in [5.41, 5.74) is 2.12. The van der Waals surface area contributed by atoms with E-state index in [0.29, 0.717) is 16.5 Å². The van der Waals surface area contributed by atoms with Gasteiger partial charge < -0.3 is 5.32 Å². The van der Waals surface area contributed by atoms with Crippen LogP contribution in [0.2, 0.25) is 5.02 Å². The number of hydrogen-bond acceptors (Lipinski definition) is 5. The highest BCUT2D eigenvalue weighted by atomic mass is 35.5. The minimum Gasteiger partial charge on any atom is -0.326 e. The number of pyridine rings is 1. The largest absolute Gasteiger partial charge is 0.326 e. The number of aromatic nitrogens is 3. The van der Waals surface area contributed by atoms with Gasteiger partial charge in [0.2, 0.25) is 5.91 Å². The Hall–Kier alpha value is -2.87. The van der Waals surface area contributed by atoms with Crippen LogP contribution in [0.4, 0.5) is 5.69 Å². The second kappa shape index (κ2) is 8.02. The first kappa shape index (κ1) is 18.5. The summed E-state index contributed by atoms with van der Waals surface area (Å²) < 4.78 is 1.68. The Morgan fingerprint density at radius 1 is 1.18 bits per heavy atom. The fourth-order valence-corrected chi connectivity index (χ4v) is 3.61. The molecule has 0 spiro atoms. The average molecular weight is 410 g/mol. The van der Waals surface area contributed by atoms with Crippen LogP contribution in [0.15, 0.2) is 71.9 Å². The predicted molar refractivity (Wildman–Crippen MR) is 113 cm³/mol. The molecule has 8 heteroatoms. The number of halogens is 1. The van der Waals surface area contributed by atoms with Gasteiger partial charge in [-0.25, -0.2) is 9.67 Å². The van der Waals surface area contributed by atoms with Crippen molar-refractivity contribution in [2.75, 3.05) is 5.32 Å². The number of rotatable bonds is 5. The summed E-state index contributed by atoms with van der Waals surface area (Å²) in [6.45, 7) is 0. The van der Waals surface area contributed by atoms with Gasteiger partial charge >= 0.3 is 0 Å². The maximum Gasteiger partial charge on any atom is 0.228 e. The number of carbonyl (C=O) groups is 1. The molecule has 2 aromatic carbocycles. The van der Waals surface area contributed by atoms with Crippen LogP contribution in [0.3, 0.4) is 0 Å². The lowest BCUT2D eigenvalue weighted by Crippen LogP contribution is -2.14. The van der Waals surface area contributed by atoms with Crippen LogP contribution >= 0.6 is 23.5 Å². The first-order valence-corrected chi connectivity index (χ1v) is 9.74. The van der Waals surface area contributed by atoms with Crippen molar-refractivity contribution in [3.8, 4) is 5.82 Å². The van der Waals surface area contributed by atoms with E-state index in [-0.39, 0.29) is 12.3 Å². The number of benzene rings is 2. The van der Waals surface area contributed by atoms with Gasteiger partial charge in [0.15, 0.2) is 5.82 Å². The standard InChI is InChI=1S/C20H16ClN5OS/c21-16-5-2-1-4-13(16)10-20(27)24-14-11-17-15(18(12-14)28-22)6-7-19(25-17)26-9-3-8-23-26/h1-9,11-12H,10,22H2,(H,24,27). The van der Waals surface area contributed by atoms with E-state index in [1.807, 2.05) is 54.7 Å². The molecule has 4 rings (SSSR count). The third-order valence-electron chi connectivity index (χ3n) is 4.21. The van der Waals surface area contributed by atoms with Gasteiger partial charge in [0.25, 0.3) is 0 Å². The van der Waals surface area contributed by atoms with Gasteiger partial charge in [0.05, 0.1) is 11.9 Å². The third-order valence-corrected chi connectivity index (χ3v) is 5.17. The molecular formula is C20H16ClN5OS. The van der Waals surface area contributed by atoms with Crippen LogP contribution in [0.5, 0.6) is 0 Å². The average Bonchev–Trinajstić information content (AvgIpc) is 3.23. The molecule has 0 saturated heterocycles. The summed E-state index contributed by atoms with van der Waals surface area (Å²) in [6, 6.07) is 16.6. The van der Waals surface area contributed by atoms with Gasteiger partial charge in [0, 0.05) is 33.4 Å². The summed E-state index contributed by atoms with van der Waals surface area (Å²) in [6.07, 6.45) is 3.70. The van der Waals surface area contributed by atoms with Crippen molar-refractivity contribution in [1.29, 1.82) is 0 Å². The molecule has 6 nitrogen and oxygen atoms in total. The van der Waals surface area contributed by atoms with Crippen LogP contribution in [0.25, 0.3) is 16.7 Å². The zero-order valence-corrected chi connectivity index (χ0v) is 16.2. The summed E-state index contributed by atoms with van der Waals surface area (Å²) >= 11 is 7.26. The molecule has 2 heterocycles. The van der Waals surface area contributed by atoms with E-state index in [9.17, 15) is 4.79 Å². The van der Waals surface area contributed by atoms with Gasteiger partial charge in [-0.2, -0.15) is 5.10 Å². The van der Waals surface area contributed by atoms with Gasteiger partial charge in [0.1, 0.15) is 0 Å². The number of nitrogens with one attached hydrogen (secondary N) is 1. The Kier molecular flexibility index (Phi) is 5.29. The fraction of sp³-hybridized carbons (Fsp3) is 0.0500. The van der Waals surface area contributed by atoms with Gasteiger partial charge in [-0.05, 0) is 53.9 Å². The van der Waals surface area contributed by atoms with Crippen molar-refractivity contribution in [3.05, 3.63) is 77.6 Å². The Balaban J connectivity index is 1.64. The summed E-state index contributed by atoms with van der Waals surface area (Å²) in [4.78, 5) is 18.0. The van der Waals surface area contributed by atoms with Crippen molar-refractivity contribution in [2.24, 2.45) is 5.14 Å². The maximum atomic E-state index is 12.5. The summed E-state index contributed by atoms with van der Waals surface area (Å²) in [7, 11) is 0. The van der Waals surface area contributed by atoms with Crippen LogP contribution in [0, 0.1) is 0 Å². The first-order chi connectivity index (χ1) is 13.6. The van der Waals surface area contributed by atoms with E-state index in [0.717, 1.165) is 33.3 Å². The highest BCUT2D eigenvalue weighted by molar-refractivity contribution is 7.97. The number of nitrogens with zero attached hydrogens (tertiary/aromatic N) is 3. The van der Waals surface area contributed by atoms with E-state index in [1.165, 1.54) is 0 Å². The van der Waals surface area contributed by atoms with E-state index in [2.05, 4.69) is 15.4 Å². The molecule has 2 aromatic heterocycles. The highest BCUT2D eigenvalue weighted by Gasteiger charge is 2.11. The molecule has 0 saturated carbocycles. The summed E-state index contributed by atoms with van der Waals surface area (Å²) in [5.74, 6) is 0.522. The normalized spacial score (nSPS) is 10.9. The van der Waals surface area contributed by atoms with Crippen LogP contribution < -0.4 is 10.5 Å². The molecule has 0 bridgehead atoms.